The smallest absolute Gasteiger partial charge is 0.395 e. The van der Waals surface area contributed by atoms with E-state index in [2.05, 4.69) is 37.2 Å². The Kier molecular flexibility index (Phi) is 23.8. The predicted molar refractivity (Wildman–Crippen MR) is 229 cm³/mol. The van der Waals surface area contributed by atoms with Crippen LogP contribution in [0.3, 0.4) is 0 Å². The first-order chi connectivity index (χ1) is 28.0. The van der Waals surface area contributed by atoms with Gasteiger partial charge in [-0.3, -0.25) is 4.89 Å². The van der Waals surface area contributed by atoms with E-state index >= 15 is 0 Å². The maximum absolute atomic E-state index is 12.4. The molecule has 0 bridgehead atoms. The zero-order valence-corrected chi connectivity index (χ0v) is 37.1. The van der Waals surface area contributed by atoms with Crippen molar-refractivity contribution in [3.05, 3.63) is 157 Å². The highest BCUT2D eigenvalue weighted by Crippen LogP contribution is 2.60. The van der Waals surface area contributed by atoms with Crippen molar-refractivity contribution in [3.63, 3.8) is 0 Å². The fourth-order valence-corrected chi connectivity index (χ4v) is 8.19. The molecule has 0 fully saturated rings. The SMILES string of the molecule is CCCC(C)O[P+](=O)OC(C)CCC.Cc1ccccc1.O=P(O)(O)OP(=O)(Oc1ccccc1)Oc1ccccc1.O=P(O)(Oc1ccccc1)Oc1ccccc1. The minimum absolute atomic E-state index is 0.0254. The lowest BCUT2D eigenvalue weighted by atomic mass is 10.2. The molecule has 0 saturated carbocycles. The van der Waals surface area contributed by atoms with Crippen LogP contribution in [-0.2, 0) is 31.6 Å². The summed E-state index contributed by atoms with van der Waals surface area (Å²) < 4.78 is 80.7. The Morgan fingerprint density at radius 2 is 0.797 bits per heavy atom. The van der Waals surface area contributed by atoms with Gasteiger partial charge >= 0.3 is 31.7 Å². The van der Waals surface area contributed by atoms with Crippen molar-refractivity contribution in [2.24, 2.45) is 0 Å². The molecule has 0 aliphatic carbocycles. The third kappa shape index (κ3) is 25.2. The summed E-state index contributed by atoms with van der Waals surface area (Å²) in [6, 6.07) is 42.5. The van der Waals surface area contributed by atoms with Gasteiger partial charge in [0.1, 0.15) is 35.2 Å². The van der Waals surface area contributed by atoms with Crippen LogP contribution in [0, 0.1) is 6.92 Å². The largest absolute Gasteiger partial charge is 0.697 e. The van der Waals surface area contributed by atoms with E-state index in [4.69, 9.17) is 36.9 Å². The van der Waals surface area contributed by atoms with Gasteiger partial charge in [0.2, 0.25) is 0 Å². The molecule has 5 rings (SSSR count). The standard InChI is InChI=1S/C12H12O7P2.C12H11O4P.C10H22O3P.C7H8/c13-20(14,15)19-21(16,17-11-7-3-1-4-8-11)18-12-9-5-2-6-10-12;13-17(14,15-11-7-3-1-4-8-11)16-12-9-5-2-6-10-12;1-5-7-9(3)12-14(11)13-10(4)8-6-2;1-7-5-3-2-4-6-7/h1-10H,(H2,13,14,15);1-10H,(H,13,14);9-10H,5-8H2,1-4H3;2-6H,1H3/q;;+1;. The Hall–Kier alpha value is -4.15. The first-order valence-electron chi connectivity index (χ1n) is 18.5. The molecule has 0 amide bonds. The summed E-state index contributed by atoms with van der Waals surface area (Å²) in [5.41, 5.74) is 1.32. The highest BCUT2D eigenvalue weighted by Gasteiger charge is 2.39. The minimum atomic E-state index is -5.07. The lowest BCUT2D eigenvalue weighted by Gasteiger charge is -2.18. The average Bonchev–Trinajstić information content (AvgIpc) is 3.16. The van der Waals surface area contributed by atoms with Crippen LogP contribution < -0.4 is 18.1 Å². The molecule has 2 unspecified atom stereocenters. The van der Waals surface area contributed by atoms with E-state index in [1.54, 1.807) is 97.1 Å². The summed E-state index contributed by atoms with van der Waals surface area (Å²) in [5.74, 6) is 0.749. The summed E-state index contributed by atoms with van der Waals surface area (Å²) >= 11 is 0. The number of phosphoric acid groups is 3. The molecule has 0 spiro atoms. The molecule has 14 nitrogen and oxygen atoms in total. The zero-order chi connectivity index (χ0) is 43.6. The number of benzene rings is 5. The van der Waals surface area contributed by atoms with Crippen LogP contribution in [-0.4, -0.2) is 26.9 Å². The number of hydrogen-bond donors (Lipinski definition) is 3. The normalized spacial score (nSPS) is 12.3. The van der Waals surface area contributed by atoms with Gasteiger partial charge in [-0.25, -0.2) is 13.7 Å². The van der Waals surface area contributed by atoms with E-state index in [1.807, 2.05) is 32.0 Å². The highest BCUT2D eigenvalue weighted by atomic mass is 31.3. The van der Waals surface area contributed by atoms with Gasteiger partial charge in [0.25, 0.3) is 0 Å². The molecule has 0 aromatic heterocycles. The summed E-state index contributed by atoms with van der Waals surface area (Å²) in [6.07, 6.45) is 3.97. The summed E-state index contributed by atoms with van der Waals surface area (Å²) in [6.45, 7) is 10.1. The Morgan fingerprint density at radius 3 is 1.05 bits per heavy atom. The zero-order valence-electron chi connectivity index (χ0n) is 33.5. The second kappa shape index (κ2) is 27.6. The molecule has 0 heterocycles. The maximum Gasteiger partial charge on any atom is 0.697 e. The number of rotatable bonds is 18. The monoisotopic (exact) mass is 893 g/mol. The molecule has 0 saturated heterocycles. The number of hydrogen-bond acceptors (Lipinski definition) is 11. The topological polar surface area (TPSA) is 194 Å². The van der Waals surface area contributed by atoms with Crippen LogP contribution >= 0.6 is 31.7 Å². The van der Waals surface area contributed by atoms with E-state index in [-0.39, 0.29) is 35.2 Å². The van der Waals surface area contributed by atoms with Crippen LogP contribution in [0.1, 0.15) is 58.9 Å². The molecular weight excluding hydrogens is 840 g/mol. The van der Waals surface area contributed by atoms with Gasteiger partial charge in [-0.2, -0.15) is 4.31 Å². The van der Waals surface area contributed by atoms with Crippen LogP contribution in [0.5, 0.6) is 23.0 Å². The first-order valence-corrected chi connectivity index (χ1v) is 24.1. The predicted octanol–water partition coefficient (Wildman–Crippen LogP) is 12.7. The lowest BCUT2D eigenvalue weighted by molar-refractivity contribution is 0.135. The van der Waals surface area contributed by atoms with Crippen molar-refractivity contribution in [1.29, 1.82) is 0 Å². The fourth-order valence-electron chi connectivity index (χ4n) is 4.42. The van der Waals surface area contributed by atoms with Crippen molar-refractivity contribution in [2.45, 2.75) is 72.5 Å². The summed E-state index contributed by atoms with van der Waals surface area (Å²) in [5, 5.41) is 0. The Bertz CT molecular complexity index is 1900. The van der Waals surface area contributed by atoms with E-state index < -0.39 is 31.7 Å². The molecule has 320 valence electrons. The average molecular weight is 894 g/mol. The van der Waals surface area contributed by atoms with Gasteiger partial charge < -0.3 is 27.9 Å². The van der Waals surface area contributed by atoms with Gasteiger partial charge in [-0.05, 0) is 82.1 Å². The number of phosphoric ester groups is 2. The number of aryl methyl sites for hydroxylation is 1. The molecular formula is C41H53O14P4+. The molecule has 59 heavy (non-hydrogen) atoms. The first kappa shape index (κ1) is 51.0. The molecule has 0 radical (unpaired) electrons. The van der Waals surface area contributed by atoms with Crippen LogP contribution in [0.25, 0.3) is 0 Å². The molecule has 3 N–H and O–H groups in total. The van der Waals surface area contributed by atoms with E-state index in [0.29, 0.717) is 0 Å². The van der Waals surface area contributed by atoms with E-state index in [1.165, 1.54) is 29.8 Å². The Balaban J connectivity index is 0.000000286. The molecule has 5 aromatic rings. The lowest BCUT2D eigenvalue weighted by Crippen LogP contribution is -2.07. The second-order valence-electron chi connectivity index (χ2n) is 12.4. The second-order valence-corrected chi connectivity index (χ2v) is 17.5. The van der Waals surface area contributed by atoms with E-state index in [0.717, 1.165) is 25.7 Å². The molecule has 0 aliphatic rings. The highest BCUT2D eigenvalue weighted by molar-refractivity contribution is 7.61. The molecule has 0 aliphatic heterocycles. The van der Waals surface area contributed by atoms with Crippen molar-refractivity contribution >= 4 is 31.7 Å². The Morgan fingerprint density at radius 1 is 0.508 bits per heavy atom. The quantitative estimate of drug-likeness (QED) is 0.0703. The number of para-hydroxylation sites is 4. The van der Waals surface area contributed by atoms with Gasteiger partial charge in [0.05, 0.1) is 0 Å². The Labute approximate surface area is 347 Å². The van der Waals surface area contributed by atoms with Crippen molar-refractivity contribution in [1.82, 2.24) is 0 Å². The van der Waals surface area contributed by atoms with Crippen LogP contribution in [0.2, 0.25) is 0 Å². The van der Waals surface area contributed by atoms with Crippen molar-refractivity contribution in [2.75, 3.05) is 0 Å². The third-order valence-corrected chi connectivity index (χ3v) is 11.4. The van der Waals surface area contributed by atoms with Gasteiger partial charge in [-0.15, -0.1) is 9.05 Å². The third-order valence-electron chi connectivity index (χ3n) is 6.92. The van der Waals surface area contributed by atoms with Gasteiger partial charge in [0.15, 0.2) is 0 Å². The molecule has 5 aromatic carbocycles. The van der Waals surface area contributed by atoms with Crippen molar-refractivity contribution in [3.8, 4) is 23.0 Å². The van der Waals surface area contributed by atoms with Crippen LogP contribution in [0.15, 0.2) is 152 Å². The minimum Gasteiger partial charge on any atom is -0.395 e. The van der Waals surface area contributed by atoms with Gasteiger partial charge in [-0.1, -0.05) is 135 Å². The summed E-state index contributed by atoms with van der Waals surface area (Å²) in [7, 11) is -15.7. The van der Waals surface area contributed by atoms with E-state index in [9.17, 15) is 23.2 Å². The van der Waals surface area contributed by atoms with Gasteiger partial charge in [0, 0.05) is 4.57 Å². The summed E-state index contributed by atoms with van der Waals surface area (Å²) in [4.78, 5) is 27.3. The molecule has 2 atom stereocenters. The molecule has 18 heteroatoms. The maximum atomic E-state index is 12.4. The van der Waals surface area contributed by atoms with Crippen LogP contribution in [0.4, 0.5) is 0 Å². The fraction of sp³-hybridized carbons (Fsp3) is 0.268. The van der Waals surface area contributed by atoms with Crippen molar-refractivity contribution < 1.29 is 64.4 Å².